The number of hydrogen-bond donors (Lipinski definition) is 3. The van der Waals surface area contributed by atoms with E-state index in [1.807, 2.05) is 29.2 Å². The zero-order chi connectivity index (χ0) is 17.8. The summed E-state index contributed by atoms with van der Waals surface area (Å²) in [5.41, 5.74) is 1.65. The average Bonchev–Trinajstić information content (AvgIpc) is 2.76. The van der Waals surface area contributed by atoms with E-state index in [0.29, 0.717) is 12.3 Å². The Morgan fingerprint density at radius 2 is 2.00 bits per heavy atom. The number of imide groups is 1. The van der Waals surface area contributed by atoms with Gasteiger partial charge in [-0.15, -0.1) is 0 Å². The van der Waals surface area contributed by atoms with Crippen molar-refractivity contribution in [1.82, 2.24) is 15.5 Å². The fraction of sp³-hybridized carbons (Fsp3) is 0.500. The van der Waals surface area contributed by atoms with Crippen LogP contribution in [0.3, 0.4) is 0 Å². The van der Waals surface area contributed by atoms with Crippen LogP contribution in [-0.2, 0) is 11.2 Å². The highest BCUT2D eigenvalue weighted by atomic mass is 16.2. The highest BCUT2D eigenvalue weighted by Gasteiger charge is 2.29. The normalized spacial score (nSPS) is 23.6. The summed E-state index contributed by atoms with van der Waals surface area (Å²) in [6.45, 7) is 3.77. The van der Waals surface area contributed by atoms with E-state index in [2.05, 4.69) is 22.9 Å². The van der Waals surface area contributed by atoms with E-state index in [9.17, 15) is 14.4 Å². The molecule has 7 heteroatoms. The first-order chi connectivity index (χ1) is 12.0. The van der Waals surface area contributed by atoms with Gasteiger partial charge in [0.2, 0.25) is 0 Å². The number of carbonyl (C=O) groups is 3. The van der Waals surface area contributed by atoms with Gasteiger partial charge in [-0.2, -0.15) is 0 Å². The number of rotatable bonds is 3. The van der Waals surface area contributed by atoms with Gasteiger partial charge in [0, 0.05) is 25.2 Å². The number of amides is 5. The third-order valence-electron chi connectivity index (χ3n) is 4.70. The summed E-state index contributed by atoms with van der Waals surface area (Å²) in [6, 6.07) is 6.31. The Morgan fingerprint density at radius 1 is 1.24 bits per heavy atom. The Bertz CT molecular complexity index is 659. The second-order valence-electron chi connectivity index (χ2n) is 6.89. The monoisotopic (exact) mass is 344 g/mol. The fourth-order valence-corrected chi connectivity index (χ4v) is 3.30. The minimum absolute atomic E-state index is 0.0658. The molecule has 5 amide bonds. The molecule has 0 aromatic heterocycles. The topological polar surface area (TPSA) is 90.5 Å². The summed E-state index contributed by atoms with van der Waals surface area (Å²) in [4.78, 5) is 37.0. The number of carbonyl (C=O) groups excluding carboxylic acids is 3. The maximum absolute atomic E-state index is 12.4. The molecule has 0 spiro atoms. The van der Waals surface area contributed by atoms with Gasteiger partial charge in [-0.1, -0.05) is 25.5 Å². The molecule has 0 bridgehead atoms. The molecule has 3 N–H and O–H groups in total. The standard InChI is InChI=1S/C18H24N4O3/c1-12-4-2-3-9-22(11-12)18(25)19-14-7-5-13(6-8-14)10-15-16(23)21-17(24)20-15/h5-8,12,15H,2-4,9-11H2,1H3,(H,19,25)(H2,20,21,23,24)/t12-,15-/m1/s1. The summed E-state index contributed by atoms with van der Waals surface area (Å²) in [5, 5.41) is 7.73. The summed E-state index contributed by atoms with van der Waals surface area (Å²) in [6.07, 6.45) is 3.82. The lowest BCUT2D eigenvalue weighted by Crippen LogP contribution is -2.37. The molecule has 0 radical (unpaired) electrons. The van der Waals surface area contributed by atoms with Gasteiger partial charge in [0.15, 0.2) is 0 Å². The van der Waals surface area contributed by atoms with E-state index >= 15 is 0 Å². The predicted molar refractivity (Wildman–Crippen MR) is 94.2 cm³/mol. The maximum Gasteiger partial charge on any atom is 0.322 e. The van der Waals surface area contributed by atoms with Crippen LogP contribution in [0.2, 0.25) is 0 Å². The molecule has 2 atom stereocenters. The van der Waals surface area contributed by atoms with Gasteiger partial charge in [0.1, 0.15) is 6.04 Å². The second kappa shape index (κ2) is 7.55. The molecular formula is C18H24N4O3. The van der Waals surface area contributed by atoms with Gasteiger partial charge in [0.05, 0.1) is 0 Å². The molecule has 2 fully saturated rings. The molecular weight excluding hydrogens is 320 g/mol. The maximum atomic E-state index is 12.4. The van der Waals surface area contributed by atoms with E-state index in [4.69, 9.17) is 0 Å². The van der Waals surface area contributed by atoms with Gasteiger partial charge in [0.25, 0.3) is 5.91 Å². The van der Waals surface area contributed by atoms with E-state index in [1.165, 1.54) is 12.8 Å². The lowest BCUT2D eigenvalue weighted by Gasteiger charge is -2.23. The van der Waals surface area contributed by atoms with E-state index < -0.39 is 12.1 Å². The molecule has 1 aromatic carbocycles. The highest BCUT2D eigenvalue weighted by Crippen LogP contribution is 2.18. The van der Waals surface area contributed by atoms with Crippen LogP contribution in [0, 0.1) is 5.92 Å². The number of hydrogen-bond acceptors (Lipinski definition) is 3. The Kier molecular flexibility index (Phi) is 5.21. The molecule has 3 rings (SSSR count). The number of nitrogens with one attached hydrogen (secondary N) is 3. The minimum atomic E-state index is -0.536. The number of benzene rings is 1. The molecule has 1 aromatic rings. The van der Waals surface area contributed by atoms with Gasteiger partial charge in [-0.25, -0.2) is 9.59 Å². The van der Waals surface area contributed by atoms with Crippen molar-refractivity contribution >= 4 is 23.7 Å². The van der Waals surface area contributed by atoms with Crippen molar-refractivity contribution < 1.29 is 14.4 Å². The van der Waals surface area contributed by atoms with Crippen LogP contribution in [-0.4, -0.2) is 42.0 Å². The molecule has 7 nitrogen and oxygen atoms in total. The summed E-state index contributed by atoms with van der Waals surface area (Å²) >= 11 is 0. The van der Waals surface area contributed by atoms with Crippen LogP contribution < -0.4 is 16.0 Å². The summed E-state index contributed by atoms with van der Waals surface area (Å²) in [7, 11) is 0. The van der Waals surface area contributed by atoms with Crippen molar-refractivity contribution in [2.75, 3.05) is 18.4 Å². The van der Waals surface area contributed by atoms with Crippen molar-refractivity contribution in [3.05, 3.63) is 29.8 Å². The quantitative estimate of drug-likeness (QED) is 0.733. The molecule has 134 valence electrons. The number of anilines is 1. The molecule has 0 saturated carbocycles. The molecule has 2 saturated heterocycles. The Morgan fingerprint density at radius 3 is 2.68 bits per heavy atom. The SMILES string of the molecule is C[C@@H]1CCCCN(C(=O)Nc2ccc(C[C@H]3NC(=O)NC3=O)cc2)C1. The average molecular weight is 344 g/mol. The van der Waals surface area contributed by atoms with Crippen LogP contribution in [0.5, 0.6) is 0 Å². The predicted octanol–water partition coefficient (Wildman–Crippen LogP) is 2.09. The van der Waals surface area contributed by atoms with Crippen molar-refractivity contribution in [2.24, 2.45) is 5.92 Å². The fourth-order valence-electron chi connectivity index (χ4n) is 3.30. The van der Waals surface area contributed by atoms with Crippen LogP contribution in [0.15, 0.2) is 24.3 Å². The van der Waals surface area contributed by atoms with E-state index in [-0.39, 0.29) is 11.9 Å². The Hall–Kier alpha value is -2.57. The lowest BCUT2D eigenvalue weighted by molar-refractivity contribution is -0.120. The highest BCUT2D eigenvalue weighted by molar-refractivity contribution is 6.04. The van der Waals surface area contributed by atoms with Crippen LogP contribution >= 0.6 is 0 Å². The van der Waals surface area contributed by atoms with Crippen molar-refractivity contribution in [3.63, 3.8) is 0 Å². The first-order valence-electron chi connectivity index (χ1n) is 8.77. The van der Waals surface area contributed by atoms with Crippen molar-refractivity contribution in [2.45, 2.75) is 38.6 Å². The number of urea groups is 2. The lowest BCUT2D eigenvalue weighted by atomic mass is 10.1. The number of likely N-dealkylation sites (tertiary alicyclic amines) is 1. The second-order valence-corrected chi connectivity index (χ2v) is 6.89. The van der Waals surface area contributed by atoms with Crippen LogP contribution in [0.25, 0.3) is 0 Å². The van der Waals surface area contributed by atoms with Crippen molar-refractivity contribution in [1.29, 1.82) is 0 Å². The smallest absolute Gasteiger partial charge is 0.322 e. The first-order valence-corrected chi connectivity index (χ1v) is 8.77. The first kappa shape index (κ1) is 17.3. The zero-order valence-electron chi connectivity index (χ0n) is 14.4. The van der Waals surface area contributed by atoms with Gasteiger partial charge >= 0.3 is 12.1 Å². The minimum Gasteiger partial charge on any atom is -0.326 e. The van der Waals surface area contributed by atoms with E-state index in [1.54, 1.807) is 0 Å². The third-order valence-corrected chi connectivity index (χ3v) is 4.70. The largest absolute Gasteiger partial charge is 0.326 e. The van der Waals surface area contributed by atoms with E-state index in [0.717, 1.165) is 30.8 Å². The molecule has 0 aliphatic carbocycles. The molecule has 2 aliphatic rings. The van der Waals surface area contributed by atoms with Crippen LogP contribution in [0.1, 0.15) is 31.7 Å². The van der Waals surface area contributed by atoms with Gasteiger partial charge in [-0.3, -0.25) is 10.1 Å². The van der Waals surface area contributed by atoms with Crippen molar-refractivity contribution in [3.8, 4) is 0 Å². The van der Waals surface area contributed by atoms with Crippen LogP contribution in [0.4, 0.5) is 15.3 Å². The molecule has 0 unspecified atom stereocenters. The third kappa shape index (κ3) is 4.49. The molecule has 2 aliphatic heterocycles. The zero-order valence-corrected chi connectivity index (χ0v) is 14.4. The molecule has 25 heavy (non-hydrogen) atoms. The summed E-state index contributed by atoms with van der Waals surface area (Å²) in [5.74, 6) is 0.223. The molecule has 2 heterocycles. The van der Waals surface area contributed by atoms with Gasteiger partial charge in [-0.05, 0) is 36.5 Å². The Labute approximate surface area is 147 Å². The Balaban J connectivity index is 1.56. The summed E-state index contributed by atoms with van der Waals surface area (Å²) < 4.78 is 0. The number of nitrogens with zero attached hydrogens (tertiary/aromatic N) is 1. The van der Waals surface area contributed by atoms with Gasteiger partial charge < -0.3 is 15.5 Å².